The van der Waals surface area contributed by atoms with Crippen LogP contribution in [0.1, 0.15) is 12.5 Å². The van der Waals surface area contributed by atoms with Crippen molar-refractivity contribution in [3.8, 4) is 17.0 Å². The van der Waals surface area contributed by atoms with Gasteiger partial charge in [-0.2, -0.15) is 0 Å². The van der Waals surface area contributed by atoms with Crippen LogP contribution in [0.5, 0.6) is 5.75 Å². The SMILES string of the molecule is Cc1cccc(NC(=O)[C@H](C)Oc2ccc(-c3cnc4ccccc4n3)cc2)c1. The van der Waals surface area contributed by atoms with Crippen LogP contribution in [0, 0.1) is 6.92 Å². The van der Waals surface area contributed by atoms with E-state index in [-0.39, 0.29) is 5.91 Å². The Labute approximate surface area is 169 Å². The molecular weight excluding hydrogens is 362 g/mol. The van der Waals surface area contributed by atoms with Crippen LogP contribution in [0.4, 0.5) is 5.69 Å². The van der Waals surface area contributed by atoms with Crippen molar-refractivity contribution >= 4 is 22.6 Å². The topological polar surface area (TPSA) is 64.1 Å². The molecule has 144 valence electrons. The monoisotopic (exact) mass is 383 g/mol. The number of hydrogen-bond acceptors (Lipinski definition) is 4. The molecule has 4 rings (SSSR count). The van der Waals surface area contributed by atoms with E-state index in [9.17, 15) is 4.79 Å². The van der Waals surface area contributed by atoms with E-state index in [0.29, 0.717) is 5.75 Å². The summed E-state index contributed by atoms with van der Waals surface area (Å²) in [7, 11) is 0. The van der Waals surface area contributed by atoms with Crippen LogP contribution in [-0.2, 0) is 4.79 Å². The molecule has 0 spiro atoms. The van der Waals surface area contributed by atoms with Gasteiger partial charge in [0.1, 0.15) is 5.75 Å². The van der Waals surface area contributed by atoms with Crippen molar-refractivity contribution < 1.29 is 9.53 Å². The molecule has 0 aliphatic carbocycles. The standard InChI is InChI=1S/C24H21N3O2/c1-16-6-5-7-19(14-16)26-24(28)17(2)29-20-12-10-18(11-13-20)23-15-25-21-8-3-4-9-22(21)27-23/h3-15,17H,1-2H3,(H,26,28)/t17-/m0/s1. The maximum Gasteiger partial charge on any atom is 0.265 e. The molecule has 1 amide bonds. The number of nitrogens with zero attached hydrogens (tertiary/aromatic N) is 2. The lowest BCUT2D eigenvalue weighted by molar-refractivity contribution is -0.122. The quantitative estimate of drug-likeness (QED) is 0.526. The first-order valence-electron chi connectivity index (χ1n) is 9.45. The van der Waals surface area contributed by atoms with Crippen molar-refractivity contribution in [1.82, 2.24) is 9.97 Å². The van der Waals surface area contributed by atoms with Crippen molar-refractivity contribution in [2.45, 2.75) is 20.0 Å². The third kappa shape index (κ3) is 4.41. The average Bonchev–Trinajstić information content (AvgIpc) is 2.74. The Hall–Kier alpha value is -3.73. The van der Waals surface area contributed by atoms with Crippen LogP contribution in [0.3, 0.4) is 0 Å². The number of hydrogen-bond donors (Lipinski definition) is 1. The molecule has 0 aliphatic rings. The Morgan fingerprint density at radius 1 is 0.966 bits per heavy atom. The number of aryl methyl sites for hydroxylation is 1. The highest BCUT2D eigenvalue weighted by Gasteiger charge is 2.15. The Kier molecular flexibility index (Phi) is 5.20. The lowest BCUT2D eigenvalue weighted by Crippen LogP contribution is -2.30. The van der Waals surface area contributed by atoms with Gasteiger partial charge in [0.05, 0.1) is 22.9 Å². The van der Waals surface area contributed by atoms with Gasteiger partial charge in [-0.3, -0.25) is 9.78 Å². The number of fused-ring (bicyclic) bond motifs is 1. The number of para-hydroxylation sites is 2. The number of benzene rings is 3. The molecule has 29 heavy (non-hydrogen) atoms. The molecule has 0 fully saturated rings. The van der Waals surface area contributed by atoms with E-state index < -0.39 is 6.10 Å². The minimum Gasteiger partial charge on any atom is -0.481 e. The maximum absolute atomic E-state index is 12.4. The Bertz CT molecular complexity index is 1160. The Balaban J connectivity index is 1.43. The van der Waals surface area contributed by atoms with Crippen LogP contribution < -0.4 is 10.1 Å². The van der Waals surface area contributed by atoms with Crippen molar-refractivity contribution in [2.75, 3.05) is 5.32 Å². The average molecular weight is 383 g/mol. The fourth-order valence-corrected chi connectivity index (χ4v) is 3.02. The molecular formula is C24H21N3O2. The van der Waals surface area contributed by atoms with Gasteiger partial charge in [-0.25, -0.2) is 4.98 Å². The zero-order valence-electron chi connectivity index (χ0n) is 16.3. The molecule has 1 aromatic heterocycles. The maximum atomic E-state index is 12.4. The van der Waals surface area contributed by atoms with Gasteiger partial charge in [-0.05, 0) is 67.9 Å². The predicted molar refractivity (Wildman–Crippen MR) is 115 cm³/mol. The summed E-state index contributed by atoms with van der Waals surface area (Å²) in [6.45, 7) is 3.71. The molecule has 0 bridgehead atoms. The summed E-state index contributed by atoms with van der Waals surface area (Å²) in [6, 6.07) is 22.9. The fourth-order valence-electron chi connectivity index (χ4n) is 3.02. The number of nitrogens with one attached hydrogen (secondary N) is 1. The zero-order valence-corrected chi connectivity index (χ0v) is 16.3. The zero-order chi connectivity index (χ0) is 20.2. The summed E-state index contributed by atoms with van der Waals surface area (Å²) >= 11 is 0. The number of amides is 1. The first-order valence-corrected chi connectivity index (χ1v) is 9.45. The summed E-state index contributed by atoms with van der Waals surface area (Å²) in [5, 5.41) is 2.87. The molecule has 0 aliphatic heterocycles. The van der Waals surface area contributed by atoms with Crippen molar-refractivity contribution in [3.63, 3.8) is 0 Å². The van der Waals surface area contributed by atoms with Gasteiger partial charge in [-0.1, -0.05) is 24.3 Å². The van der Waals surface area contributed by atoms with E-state index in [0.717, 1.165) is 33.5 Å². The molecule has 0 radical (unpaired) electrons. The van der Waals surface area contributed by atoms with Gasteiger partial charge in [0.25, 0.3) is 5.91 Å². The van der Waals surface area contributed by atoms with Crippen LogP contribution in [0.2, 0.25) is 0 Å². The summed E-state index contributed by atoms with van der Waals surface area (Å²) in [4.78, 5) is 21.5. The van der Waals surface area contributed by atoms with E-state index in [1.54, 1.807) is 13.1 Å². The van der Waals surface area contributed by atoms with Gasteiger partial charge >= 0.3 is 0 Å². The predicted octanol–water partition coefficient (Wildman–Crippen LogP) is 5.01. The summed E-state index contributed by atoms with van der Waals surface area (Å²) in [6.07, 6.45) is 1.14. The molecule has 0 saturated carbocycles. The number of aromatic nitrogens is 2. The number of ether oxygens (including phenoxy) is 1. The number of carbonyl (C=O) groups is 1. The molecule has 1 N–H and O–H groups in total. The van der Waals surface area contributed by atoms with E-state index in [1.807, 2.05) is 79.7 Å². The molecule has 3 aromatic carbocycles. The fraction of sp³-hybridized carbons (Fsp3) is 0.125. The van der Waals surface area contributed by atoms with E-state index >= 15 is 0 Å². The Morgan fingerprint density at radius 2 is 1.72 bits per heavy atom. The molecule has 4 aromatic rings. The lowest BCUT2D eigenvalue weighted by Gasteiger charge is -2.15. The number of anilines is 1. The molecule has 0 saturated heterocycles. The summed E-state index contributed by atoms with van der Waals surface area (Å²) in [5.41, 5.74) is 5.30. The summed E-state index contributed by atoms with van der Waals surface area (Å²) < 4.78 is 5.79. The molecule has 0 unspecified atom stereocenters. The van der Waals surface area contributed by atoms with Gasteiger partial charge in [0.2, 0.25) is 0 Å². The highest BCUT2D eigenvalue weighted by atomic mass is 16.5. The molecule has 1 atom stereocenters. The van der Waals surface area contributed by atoms with Gasteiger partial charge in [-0.15, -0.1) is 0 Å². The van der Waals surface area contributed by atoms with Crippen LogP contribution in [-0.4, -0.2) is 22.0 Å². The van der Waals surface area contributed by atoms with Gasteiger partial charge < -0.3 is 10.1 Å². The first kappa shape index (κ1) is 18.6. The number of carbonyl (C=O) groups excluding carboxylic acids is 1. The second kappa shape index (κ2) is 8.10. The van der Waals surface area contributed by atoms with Crippen molar-refractivity contribution in [2.24, 2.45) is 0 Å². The second-order valence-electron chi connectivity index (χ2n) is 6.89. The second-order valence-corrected chi connectivity index (χ2v) is 6.89. The van der Waals surface area contributed by atoms with E-state index in [1.165, 1.54) is 0 Å². The summed E-state index contributed by atoms with van der Waals surface area (Å²) in [5.74, 6) is 0.425. The highest BCUT2D eigenvalue weighted by molar-refractivity contribution is 5.94. The van der Waals surface area contributed by atoms with Crippen molar-refractivity contribution in [1.29, 1.82) is 0 Å². The lowest BCUT2D eigenvalue weighted by atomic mass is 10.1. The third-order valence-electron chi connectivity index (χ3n) is 4.57. The number of rotatable bonds is 5. The van der Waals surface area contributed by atoms with E-state index in [4.69, 9.17) is 4.74 Å². The minimum absolute atomic E-state index is 0.194. The minimum atomic E-state index is -0.623. The van der Waals surface area contributed by atoms with Crippen LogP contribution in [0.25, 0.3) is 22.3 Å². The smallest absolute Gasteiger partial charge is 0.265 e. The van der Waals surface area contributed by atoms with Crippen molar-refractivity contribution in [3.05, 3.63) is 84.6 Å². The normalized spacial score (nSPS) is 11.8. The highest BCUT2D eigenvalue weighted by Crippen LogP contribution is 2.23. The largest absolute Gasteiger partial charge is 0.481 e. The molecule has 5 nitrogen and oxygen atoms in total. The van der Waals surface area contributed by atoms with Gasteiger partial charge in [0, 0.05) is 11.3 Å². The third-order valence-corrected chi connectivity index (χ3v) is 4.57. The Morgan fingerprint density at radius 3 is 2.48 bits per heavy atom. The molecule has 1 heterocycles. The van der Waals surface area contributed by atoms with Crippen LogP contribution in [0.15, 0.2) is 79.0 Å². The molecule has 5 heteroatoms. The first-order chi connectivity index (χ1) is 14.1. The van der Waals surface area contributed by atoms with E-state index in [2.05, 4.69) is 15.3 Å². The van der Waals surface area contributed by atoms with Gasteiger partial charge in [0.15, 0.2) is 6.10 Å². The van der Waals surface area contributed by atoms with Crippen LogP contribution >= 0.6 is 0 Å².